The number of carbonyl (C=O) groups excluding carboxylic acids is 1. The number of hydrogen-bond donors (Lipinski definition) is 1. The zero-order valence-corrected chi connectivity index (χ0v) is 14.6. The smallest absolute Gasteiger partial charge is 0.279 e. The third-order valence-electron chi connectivity index (χ3n) is 5.24. The van der Waals surface area contributed by atoms with Crippen molar-refractivity contribution >= 4 is 11.6 Å². The van der Waals surface area contributed by atoms with E-state index in [0.29, 0.717) is 18.5 Å². The molecule has 0 unspecified atom stereocenters. The molecule has 1 atom stereocenters. The molecule has 122 valence electrons. The number of anilines is 1. The molecule has 0 aliphatic heterocycles. The number of carbonyl (C=O) groups is 1. The first-order valence-electron chi connectivity index (χ1n) is 8.65. The predicted molar refractivity (Wildman–Crippen MR) is 93.0 cm³/mol. The van der Waals surface area contributed by atoms with E-state index >= 15 is 0 Å². The Bertz CT molecular complexity index is 504. The molecular weight excluding hydrogens is 272 g/mol. The van der Waals surface area contributed by atoms with Crippen LogP contribution >= 0.6 is 0 Å². The topological polar surface area (TPSA) is 29.1 Å². The van der Waals surface area contributed by atoms with E-state index in [1.165, 1.54) is 31.2 Å². The van der Waals surface area contributed by atoms with Crippen molar-refractivity contribution in [3.8, 4) is 0 Å². The first-order valence-corrected chi connectivity index (χ1v) is 8.65. The van der Waals surface area contributed by atoms with Crippen LogP contribution in [-0.4, -0.2) is 37.1 Å². The van der Waals surface area contributed by atoms with E-state index in [-0.39, 0.29) is 5.91 Å². The molecule has 3 nitrogen and oxygen atoms in total. The number of rotatable bonds is 6. The summed E-state index contributed by atoms with van der Waals surface area (Å²) in [6.45, 7) is 4.95. The second kappa shape index (κ2) is 7.28. The van der Waals surface area contributed by atoms with Gasteiger partial charge in [0.2, 0.25) is 0 Å². The average Bonchev–Trinajstić information content (AvgIpc) is 3.01. The molecule has 0 heterocycles. The molecule has 1 aliphatic carbocycles. The van der Waals surface area contributed by atoms with Crippen LogP contribution in [0, 0.1) is 0 Å². The summed E-state index contributed by atoms with van der Waals surface area (Å²) in [4.78, 5) is 12.5. The number of quaternary nitrogens is 1. The quantitative estimate of drug-likeness (QED) is 0.786. The molecule has 0 aromatic heterocycles. The van der Waals surface area contributed by atoms with Crippen molar-refractivity contribution in [2.45, 2.75) is 57.9 Å². The van der Waals surface area contributed by atoms with Gasteiger partial charge in [0, 0.05) is 5.69 Å². The molecule has 0 saturated heterocycles. The van der Waals surface area contributed by atoms with Gasteiger partial charge in [0.25, 0.3) is 5.91 Å². The summed E-state index contributed by atoms with van der Waals surface area (Å²) in [7, 11) is 4.38. The molecule has 2 rings (SSSR count). The minimum absolute atomic E-state index is 0.132. The van der Waals surface area contributed by atoms with E-state index in [0.717, 1.165) is 16.6 Å². The summed E-state index contributed by atoms with van der Waals surface area (Å²) in [6, 6.07) is 8.83. The van der Waals surface area contributed by atoms with Crippen LogP contribution in [0.1, 0.15) is 57.4 Å². The van der Waals surface area contributed by atoms with Crippen LogP contribution in [-0.2, 0) is 4.79 Å². The normalized spacial score (nSPS) is 17.5. The van der Waals surface area contributed by atoms with Crippen LogP contribution in [0.2, 0.25) is 0 Å². The number of nitrogens with one attached hydrogen (secondary N) is 1. The molecule has 1 aromatic rings. The summed E-state index contributed by atoms with van der Waals surface area (Å²) in [5.74, 6) is 0.599. The van der Waals surface area contributed by atoms with Crippen molar-refractivity contribution in [1.82, 2.24) is 0 Å². The fourth-order valence-electron chi connectivity index (χ4n) is 3.55. The lowest BCUT2D eigenvalue weighted by Gasteiger charge is -2.35. The van der Waals surface area contributed by atoms with Gasteiger partial charge in [0.1, 0.15) is 0 Å². The molecular formula is C19H31N2O+. The van der Waals surface area contributed by atoms with Crippen molar-refractivity contribution in [2.75, 3.05) is 26.0 Å². The minimum atomic E-state index is 0.132. The van der Waals surface area contributed by atoms with E-state index in [1.54, 1.807) is 0 Å². The Morgan fingerprint density at radius 3 is 2.55 bits per heavy atom. The van der Waals surface area contributed by atoms with Gasteiger partial charge in [-0.2, -0.15) is 0 Å². The number of benzene rings is 1. The van der Waals surface area contributed by atoms with E-state index < -0.39 is 0 Å². The minimum Gasteiger partial charge on any atom is -0.321 e. The Kier molecular flexibility index (Phi) is 5.63. The standard InChI is InChI=1S/C19H30N2O/c1-5-15(2)17-12-8-9-13-18(17)20-19(22)14-21(3,4)16-10-6-7-11-16/h8-9,12-13,15-16H,5-7,10-11,14H2,1-4H3/p+1/t15-/m0/s1. The summed E-state index contributed by atoms with van der Waals surface area (Å²) >= 11 is 0. The Morgan fingerprint density at radius 2 is 1.91 bits per heavy atom. The Hall–Kier alpha value is -1.35. The van der Waals surface area contributed by atoms with Crippen molar-refractivity contribution < 1.29 is 9.28 Å². The van der Waals surface area contributed by atoms with Crippen LogP contribution in [0.3, 0.4) is 0 Å². The molecule has 1 N–H and O–H groups in total. The second-order valence-electron chi connectivity index (χ2n) is 7.32. The van der Waals surface area contributed by atoms with E-state index in [4.69, 9.17) is 0 Å². The first-order chi connectivity index (χ1) is 10.4. The highest BCUT2D eigenvalue weighted by molar-refractivity contribution is 5.92. The van der Waals surface area contributed by atoms with Gasteiger partial charge in [-0.25, -0.2) is 0 Å². The van der Waals surface area contributed by atoms with Crippen LogP contribution in [0.4, 0.5) is 5.69 Å². The van der Waals surface area contributed by atoms with Crippen molar-refractivity contribution in [3.63, 3.8) is 0 Å². The maximum atomic E-state index is 12.5. The number of para-hydroxylation sites is 1. The summed E-state index contributed by atoms with van der Waals surface area (Å²) in [6.07, 6.45) is 6.21. The average molecular weight is 303 g/mol. The van der Waals surface area contributed by atoms with Crippen LogP contribution in [0.15, 0.2) is 24.3 Å². The third-order valence-corrected chi connectivity index (χ3v) is 5.24. The molecule has 3 heteroatoms. The monoisotopic (exact) mass is 303 g/mol. The lowest BCUT2D eigenvalue weighted by Crippen LogP contribution is -2.51. The zero-order valence-electron chi connectivity index (χ0n) is 14.6. The summed E-state index contributed by atoms with van der Waals surface area (Å²) < 4.78 is 0.803. The van der Waals surface area contributed by atoms with Gasteiger partial charge in [0.05, 0.1) is 20.1 Å². The Balaban J connectivity index is 2.03. The maximum Gasteiger partial charge on any atom is 0.279 e. The number of amides is 1. The maximum absolute atomic E-state index is 12.5. The largest absolute Gasteiger partial charge is 0.321 e. The number of likely N-dealkylation sites (N-methyl/N-ethyl adjacent to an activating group) is 1. The first kappa shape index (κ1) is 17.0. The van der Waals surface area contributed by atoms with Crippen molar-refractivity contribution in [1.29, 1.82) is 0 Å². The van der Waals surface area contributed by atoms with Gasteiger partial charge < -0.3 is 9.80 Å². The van der Waals surface area contributed by atoms with Crippen LogP contribution < -0.4 is 5.32 Å². The van der Waals surface area contributed by atoms with E-state index in [2.05, 4.69) is 45.4 Å². The van der Waals surface area contributed by atoms with Gasteiger partial charge in [-0.3, -0.25) is 4.79 Å². The molecule has 22 heavy (non-hydrogen) atoms. The summed E-state index contributed by atoms with van der Waals surface area (Å²) in [5.41, 5.74) is 2.22. The van der Waals surface area contributed by atoms with Gasteiger partial charge in [0.15, 0.2) is 6.54 Å². The SMILES string of the molecule is CC[C@H](C)c1ccccc1NC(=O)C[N+](C)(C)C1CCCC1. The molecule has 1 amide bonds. The molecule has 1 aromatic carbocycles. The highest BCUT2D eigenvalue weighted by Gasteiger charge is 2.33. The van der Waals surface area contributed by atoms with Gasteiger partial charge in [-0.05, 0) is 49.7 Å². The molecule has 0 bridgehead atoms. The van der Waals surface area contributed by atoms with Crippen molar-refractivity contribution in [3.05, 3.63) is 29.8 Å². The van der Waals surface area contributed by atoms with E-state index in [9.17, 15) is 4.79 Å². The van der Waals surface area contributed by atoms with Gasteiger partial charge in [-0.15, -0.1) is 0 Å². The highest BCUT2D eigenvalue weighted by Crippen LogP contribution is 2.28. The molecule has 1 fully saturated rings. The second-order valence-corrected chi connectivity index (χ2v) is 7.32. The van der Waals surface area contributed by atoms with E-state index in [1.807, 2.05) is 12.1 Å². The molecule has 0 spiro atoms. The molecule has 0 radical (unpaired) electrons. The Labute approximate surface area is 135 Å². The van der Waals surface area contributed by atoms with Crippen molar-refractivity contribution in [2.24, 2.45) is 0 Å². The van der Waals surface area contributed by atoms with Gasteiger partial charge in [-0.1, -0.05) is 32.0 Å². The lowest BCUT2D eigenvalue weighted by molar-refractivity contribution is -0.906. The highest BCUT2D eigenvalue weighted by atomic mass is 16.2. The lowest BCUT2D eigenvalue weighted by atomic mass is 9.97. The van der Waals surface area contributed by atoms with Crippen LogP contribution in [0.5, 0.6) is 0 Å². The fraction of sp³-hybridized carbons (Fsp3) is 0.632. The third kappa shape index (κ3) is 4.10. The zero-order chi connectivity index (χ0) is 16.2. The fourth-order valence-corrected chi connectivity index (χ4v) is 3.55. The predicted octanol–water partition coefficient (Wildman–Crippen LogP) is 4.16. The molecule has 1 aliphatic rings. The van der Waals surface area contributed by atoms with Crippen LogP contribution in [0.25, 0.3) is 0 Å². The van der Waals surface area contributed by atoms with Gasteiger partial charge >= 0.3 is 0 Å². The summed E-state index contributed by atoms with van der Waals surface area (Å²) in [5, 5.41) is 3.15. The molecule has 1 saturated carbocycles. The number of nitrogens with zero attached hydrogens (tertiary/aromatic N) is 1. The number of hydrogen-bond acceptors (Lipinski definition) is 1. The Morgan fingerprint density at radius 1 is 1.27 bits per heavy atom.